The highest BCUT2D eigenvalue weighted by Gasteiger charge is 2.29. The highest BCUT2D eigenvalue weighted by Crippen LogP contribution is 2.36. The first-order chi connectivity index (χ1) is 11.1. The summed E-state index contributed by atoms with van der Waals surface area (Å²) in [6.45, 7) is 2.58. The normalized spacial score (nSPS) is 18.0. The fourth-order valence-electron chi connectivity index (χ4n) is 2.49. The molecule has 0 fully saturated rings. The van der Waals surface area contributed by atoms with Gasteiger partial charge in [-0.2, -0.15) is 0 Å². The minimum atomic E-state index is -0.398. The van der Waals surface area contributed by atoms with E-state index >= 15 is 0 Å². The third-order valence-corrected chi connectivity index (χ3v) is 4.80. The van der Waals surface area contributed by atoms with Crippen molar-refractivity contribution >= 4 is 29.3 Å². The summed E-state index contributed by atoms with van der Waals surface area (Å²) in [6, 6.07) is 7.59. The average Bonchev–Trinajstić information content (AvgIpc) is 3.00. The van der Waals surface area contributed by atoms with Crippen LogP contribution in [-0.2, 0) is 16.1 Å². The number of benzene rings is 1. The maximum atomic E-state index is 12.2. The van der Waals surface area contributed by atoms with Crippen LogP contribution in [0, 0.1) is 0 Å². The lowest BCUT2D eigenvalue weighted by Crippen LogP contribution is -2.39. The number of imidazole rings is 1. The molecule has 3 rings (SSSR count). The molecule has 1 aromatic heterocycles. The van der Waals surface area contributed by atoms with E-state index in [4.69, 9.17) is 0 Å². The van der Waals surface area contributed by atoms with Crippen LogP contribution in [0.25, 0.3) is 0 Å². The fraction of sp³-hybridized carbons (Fsp3) is 0.312. The van der Waals surface area contributed by atoms with E-state index in [0.29, 0.717) is 6.54 Å². The number of anilines is 1. The highest BCUT2D eigenvalue weighted by atomic mass is 32.2. The number of amides is 2. The molecule has 2 N–H and O–H groups in total. The number of aromatic nitrogens is 2. The Bertz CT molecular complexity index is 702. The second-order valence-corrected chi connectivity index (χ2v) is 6.77. The molecule has 2 aromatic rings. The Balaban J connectivity index is 1.54. The summed E-state index contributed by atoms with van der Waals surface area (Å²) in [7, 11) is 0. The van der Waals surface area contributed by atoms with Crippen molar-refractivity contribution in [2.45, 2.75) is 36.1 Å². The summed E-state index contributed by atoms with van der Waals surface area (Å²) in [5.74, 6) is -0.240. The van der Waals surface area contributed by atoms with Crippen LogP contribution in [0.3, 0.4) is 0 Å². The van der Waals surface area contributed by atoms with Crippen molar-refractivity contribution < 1.29 is 9.59 Å². The molecule has 1 aliphatic heterocycles. The van der Waals surface area contributed by atoms with Crippen molar-refractivity contribution in [2.75, 3.05) is 5.32 Å². The Morgan fingerprint density at radius 3 is 3.09 bits per heavy atom. The van der Waals surface area contributed by atoms with Crippen LogP contribution in [0.4, 0.5) is 5.69 Å². The number of hydrogen-bond acceptors (Lipinski definition) is 4. The number of fused-ring (bicyclic) bond motifs is 1. The van der Waals surface area contributed by atoms with Gasteiger partial charge in [-0.15, -0.1) is 11.8 Å². The van der Waals surface area contributed by atoms with Crippen LogP contribution < -0.4 is 10.6 Å². The summed E-state index contributed by atoms with van der Waals surface area (Å²) >= 11 is 1.44. The Kier molecular flexibility index (Phi) is 4.66. The second kappa shape index (κ2) is 6.87. The number of rotatable bonds is 5. The third kappa shape index (κ3) is 3.92. The molecule has 6 nitrogen and oxygen atoms in total. The van der Waals surface area contributed by atoms with Gasteiger partial charge in [-0.05, 0) is 19.1 Å². The summed E-state index contributed by atoms with van der Waals surface area (Å²) in [5.41, 5.74) is 0.813. The monoisotopic (exact) mass is 330 g/mol. The number of carbonyl (C=O) groups is 2. The Morgan fingerprint density at radius 1 is 1.48 bits per heavy atom. The zero-order valence-electron chi connectivity index (χ0n) is 12.7. The van der Waals surface area contributed by atoms with Gasteiger partial charge in [0.05, 0.1) is 17.3 Å². The molecule has 0 aliphatic carbocycles. The molecule has 7 heteroatoms. The lowest BCUT2D eigenvalue weighted by molar-refractivity contribution is -0.124. The predicted molar refractivity (Wildman–Crippen MR) is 89.2 cm³/mol. The molecule has 0 unspecified atom stereocenters. The van der Waals surface area contributed by atoms with E-state index in [1.807, 2.05) is 42.0 Å². The zero-order chi connectivity index (χ0) is 16.2. The van der Waals surface area contributed by atoms with Crippen LogP contribution in [0.15, 0.2) is 47.9 Å². The van der Waals surface area contributed by atoms with Gasteiger partial charge >= 0.3 is 0 Å². The molecule has 120 valence electrons. The van der Waals surface area contributed by atoms with Gasteiger partial charge in [0.1, 0.15) is 0 Å². The lowest BCUT2D eigenvalue weighted by Gasteiger charge is -2.24. The van der Waals surface area contributed by atoms with Crippen LogP contribution >= 0.6 is 11.8 Å². The van der Waals surface area contributed by atoms with Gasteiger partial charge in [-0.25, -0.2) is 4.98 Å². The first-order valence-corrected chi connectivity index (χ1v) is 8.31. The molecular weight excluding hydrogens is 312 g/mol. The molecule has 0 saturated carbocycles. The smallest absolute Gasteiger partial charge is 0.238 e. The van der Waals surface area contributed by atoms with Gasteiger partial charge in [0.2, 0.25) is 11.8 Å². The third-order valence-electron chi connectivity index (χ3n) is 3.53. The Labute approximate surface area is 138 Å². The van der Waals surface area contributed by atoms with E-state index in [1.54, 1.807) is 12.5 Å². The molecule has 1 aromatic carbocycles. The summed E-state index contributed by atoms with van der Waals surface area (Å²) in [6.07, 6.45) is 5.43. The lowest BCUT2D eigenvalue weighted by atomic mass is 10.2. The molecule has 23 heavy (non-hydrogen) atoms. The van der Waals surface area contributed by atoms with E-state index < -0.39 is 5.25 Å². The summed E-state index contributed by atoms with van der Waals surface area (Å²) < 4.78 is 1.91. The van der Waals surface area contributed by atoms with E-state index in [2.05, 4.69) is 15.6 Å². The average molecular weight is 330 g/mol. The quantitative estimate of drug-likeness (QED) is 0.878. The van der Waals surface area contributed by atoms with Gasteiger partial charge in [-0.3, -0.25) is 9.59 Å². The minimum Gasteiger partial charge on any atom is -0.352 e. The SMILES string of the molecule is C[C@H](Cn1ccnc1)NC(=O)C[C@@H]1Sc2ccccc2NC1=O. The molecule has 0 spiro atoms. The van der Waals surface area contributed by atoms with E-state index in [1.165, 1.54) is 11.8 Å². The van der Waals surface area contributed by atoms with Crippen molar-refractivity contribution in [3.05, 3.63) is 43.0 Å². The number of hydrogen-bond donors (Lipinski definition) is 2. The number of carbonyl (C=O) groups excluding carboxylic acids is 2. The first kappa shape index (κ1) is 15.6. The second-order valence-electron chi connectivity index (χ2n) is 5.52. The zero-order valence-corrected chi connectivity index (χ0v) is 13.5. The number of nitrogens with zero attached hydrogens (tertiary/aromatic N) is 2. The summed E-state index contributed by atoms with van der Waals surface area (Å²) in [4.78, 5) is 29.3. The molecule has 2 atom stereocenters. The number of para-hydroxylation sites is 1. The first-order valence-electron chi connectivity index (χ1n) is 7.43. The van der Waals surface area contributed by atoms with E-state index in [9.17, 15) is 9.59 Å². The number of nitrogens with one attached hydrogen (secondary N) is 2. The van der Waals surface area contributed by atoms with Crippen molar-refractivity contribution in [2.24, 2.45) is 0 Å². The maximum Gasteiger partial charge on any atom is 0.238 e. The van der Waals surface area contributed by atoms with Crippen LogP contribution in [0.2, 0.25) is 0 Å². The van der Waals surface area contributed by atoms with Crippen LogP contribution in [-0.4, -0.2) is 32.7 Å². The summed E-state index contributed by atoms with van der Waals surface area (Å²) in [5, 5.41) is 5.38. The molecule has 0 saturated heterocycles. The topological polar surface area (TPSA) is 76.0 Å². The van der Waals surface area contributed by atoms with Crippen molar-refractivity contribution in [1.29, 1.82) is 0 Å². The minimum absolute atomic E-state index is 0.0272. The molecule has 0 radical (unpaired) electrons. The van der Waals surface area contributed by atoms with Crippen molar-refractivity contribution in [1.82, 2.24) is 14.9 Å². The Morgan fingerprint density at radius 2 is 2.30 bits per heavy atom. The van der Waals surface area contributed by atoms with Crippen molar-refractivity contribution in [3.8, 4) is 0 Å². The molecular formula is C16H18N4O2S. The Hall–Kier alpha value is -2.28. The number of thioether (sulfide) groups is 1. The highest BCUT2D eigenvalue weighted by molar-refractivity contribution is 8.01. The van der Waals surface area contributed by atoms with Gasteiger partial charge < -0.3 is 15.2 Å². The fourth-order valence-corrected chi connectivity index (χ4v) is 3.60. The van der Waals surface area contributed by atoms with E-state index in [-0.39, 0.29) is 24.3 Å². The van der Waals surface area contributed by atoms with Gasteiger partial charge in [0.25, 0.3) is 0 Å². The van der Waals surface area contributed by atoms with Gasteiger partial charge in [0.15, 0.2) is 0 Å². The molecule has 0 bridgehead atoms. The molecule has 2 amide bonds. The van der Waals surface area contributed by atoms with E-state index in [0.717, 1.165) is 10.6 Å². The van der Waals surface area contributed by atoms with Gasteiger partial charge in [-0.1, -0.05) is 12.1 Å². The van der Waals surface area contributed by atoms with Crippen LogP contribution in [0.1, 0.15) is 13.3 Å². The standard InChI is InChI=1S/C16H18N4O2S/c1-11(9-20-7-6-17-10-20)18-15(21)8-14-16(22)19-12-4-2-3-5-13(12)23-14/h2-7,10-11,14H,8-9H2,1H3,(H,18,21)(H,19,22)/t11-,14+/m1/s1. The molecule has 1 aliphatic rings. The van der Waals surface area contributed by atoms with Crippen LogP contribution in [0.5, 0.6) is 0 Å². The van der Waals surface area contributed by atoms with Gasteiger partial charge in [0, 0.05) is 36.3 Å². The largest absolute Gasteiger partial charge is 0.352 e. The predicted octanol–water partition coefficient (Wildman–Crippen LogP) is 1.89. The maximum absolute atomic E-state index is 12.2. The molecule has 2 heterocycles. The van der Waals surface area contributed by atoms with Crippen molar-refractivity contribution in [3.63, 3.8) is 0 Å².